The van der Waals surface area contributed by atoms with Crippen LogP contribution in [0.4, 0.5) is 4.79 Å². The van der Waals surface area contributed by atoms with Crippen molar-refractivity contribution in [1.82, 2.24) is 5.32 Å². The van der Waals surface area contributed by atoms with Crippen molar-refractivity contribution in [1.29, 1.82) is 0 Å². The first-order chi connectivity index (χ1) is 7.61. The van der Waals surface area contributed by atoms with Crippen LogP contribution in [0, 0.1) is 5.92 Å². The van der Waals surface area contributed by atoms with Crippen LogP contribution in [0.2, 0.25) is 0 Å². The molecule has 0 spiro atoms. The Morgan fingerprint density at radius 2 is 1.76 bits per heavy atom. The molecule has 1 atom stereocenters. The summed E-state index contributed by atoms with van der Waals surface area (Å²) in [5.41, 5.74) is -0.518. The number of allylic oxidation sites excluding steroid dienone is 1. The molecule has 0 aliphatic carbocycles. The Hall–Kier alpha value is -1.32. The molecule has 0 heterocycles. The van der Waals surface area contributed by atoms with Gasteiger partial charge in [0, 0.05) is 0 Å². The van der Waals surface area contributed by atoms with Crippen molar-refractivity contribution in [2.75, 3.05) is 0 Å². The van der Waals surface area contributed by atoms with Gasteiger partial charge in [-0.3, -0.25) is 4.79 Å². The van der Waals surface area contributed by atoms with Gasteiger partial charge >= 0.3 is 6.09 Å². The monoisotopic (exact) mass is 241 g/mol. The number of rotatable bonds is 4. The van der Waals surface area contributed by atoms with E-state index in [1.54, 1.807) is 6.08 Å². The molecule has 4 heteroatoms. The van der Waals surface area contributed by atoms with Gasteiger partial charge in [-0.05, 0) is 39.7 Å². The molecule has 1 amide bonds. The van der Waals surface area contributed by atoms with Crippen molar-refractivity contribution >= 4 is 11.9 Å². The molecule has 0 saturated carbocycles. The number of ketones is 1. The zero-order valence-electron chi connectivity index (χ0n) is 11.5. The Morgan fingerprint density at radius 3 is 2.12 bits per heavy atom. The van der Waals surface area contributed by atoms with E-state index >= 15 is 0 Å². The second-order valence-electron chi connectivity index (χ2n) is 5.39. The number of carbonyl (C=O) groups is 2. The van der Waals surface area contributed by atoms with Gasteiger partial charge in [0.2, 0.25) is 0 Å². The van der Waals surface area contributed by atoms with Gasteiger partial charge in [-0.15, -0.1) is 0 Å². The maximum atomic E-state index is 11.6. The highest BCUT2D eigenvalue weighted by Crippen LogP contribution is 2.09. The Labute approximate surface area is 103 Å². The van der Waals surface area contributed by atoms with Crippen LogP contribution in [0.1, 0.15) is 41.5 Å². The minimum Gasteiger partial charge on any atom is -0.444 e. The Kier molecular flexibility index (Phi) is 5.93. The average Bonchev–Trinajstić information content (AvgIpc) is 2.08. The van der Waals surface area contributed by atoms with Gasteiger partial charge in [0.05, 0.1) is 6.04 Å². The number of hydrogen-bond acceptors (Lipinski definition) is 3. The van der Waals surface area contributed by atoms with Crippen LogP contribution >= 0.6 is 0 Å². The van der Waals surface area contributed by atoms with Gasteiger partial charge in [0.1, 0.15) is 5.60 Å². The summed E-state index contributed by atoms with van der Waals surface area (Å²) in [4.78, 5) is 22.4. The second-order valence-corrected chi connectivity index (χ2v) is 5.39. The summed E-state index contributed by atoms with van der Waals surface area (Å²) in [7, 11) is 0. The fraction of sp³-hybridized carbons (Fsp3) is 0.692. The highest BCUT2D eigenvalue weighted by molar-refractivity contribution is 5.87. The number of hydrogen-bond donors (Lipinski definition) is 1. The van der Waals surface area contributed by atoms with E-state index < -0.39 is 11.7 Å². The van der Waals surface area contributed by atoms with Gasteiger partial charge in [-0.25, -0.2) is 4.79 Å². The standard InChI is InChI=1S/C13H23NO3/c1-9(2)11(8-7-10(3)15)14-12(16)17-13(4,5)6/h7-9,11H,1-6H3,(H,14,16)/b8-7+. The summed E-state index contributed by atoms with van der Waals surface area (Å²) in [6.45, 7) is 10.8. The zero-order valence-corrected chi connectivity index (χ0v) is 11.5. The Balaban J connectivity index is 4.46. The lowest BCUT2D eigenvalue weighted by atomic mass is 10.0. The molecule has 0 aliphatic rings. The Bertz CT molecular complexity index is 300. The summed E-state index contributed by atoms with van der Waals surface area (Å²) < 4.78 is 5.16. The Morgan fingerprint density at radius 1 is 1.24 bits per heavy atom. The topological polar surface area (TPSA) is 55.4 Å². The van der Waals surface area contributed by atoms with E-state index in [1.807, 2.05) is 34.6 Å². The summed E-state index contributed by atoms with van der Waals surface area (Å²) in [6.07, 6.45) is 2.68. The first kappa shape index (κ1) is 15.7. The number of nitrogens with one attached hydrogen (secondary N) is 1. The molecule has 1 unspecified atom stereocenters. The minimum absolute atomic E-state index is 0.0401. The first-order valence-corrected chi connectivity index (χ1v) is 5.80. The van der Waals surface area contributed by atoms with Crippen LogP contribution in [0.15, 0.2) is 12.2 Å². The van der Waals surface area contributed by atoms with E-state index in [2.05, 4.69) is 5.32 Å². The van der Waals surface area contributed by atoms with Crippen molar-refractivity contribution in [3.05, 3.63) is 12.2 Å². The van der Waals surface area contributed by atoms with Gasteiger partial charge in [0.25, 0.3) is 0 Å². The largest absolute Gasteiger partial charge is 0.444 e. The number of amides is 1. The van der Waals surface area contributed by atoms with Crippen LogP contribution < -0.4 is 5.32 Å². The number of ether oxygens (including phenoxy) is 1. The third kappa shape index (κ3) is 8.48. The molecule has 98 valence electrons. The summed E-state index contributed by atoms with van der Waals surface area (Å²) in [5.74, 6) is 0.153. The van der Waals surface area contributed by atoms with E-state index in [1.165, 1.54) is 13.0 Å². The quantitative estimate of drug-likeness (QED) is 0.770. The highest BCUT2D eigenvalue weighted by Gasteiger charge is 2.19. The van der Waals surface area contributed by atoms with Crippen LogP contribution in [-0.2, 0) is 9.53 Å². The van der Waals surface area contributed by atoms with Crippen molar-refractivity contribution in [2.45, 2.75) is 53.2 Å². The molecule has 0 radical (unpaired) electrons. The second kappa shape index (κ2) is 6.42. The van der Waals surface area contributed by atoms with Gasteiger partial charge < -0.3 is 10.1 Å². The lowest BCUT2D eigenvalue weighted by Gasteiger charge is -2.23. The smallest absolute Gasteiger partial charge is 0.408 e. The van der Waals surface area contributed by atoms with Gasteiger partial charge in [-0.2, -0.15) is 0 Å². The molecular formula is C13H23NO3. The normalized spacial score (nSPS) is 13.8. The molecule has 0 aromatic heterocycles. The third-order valence-electron chi connectivity index (χ3n) is 1.94. The van der Waals surface area contributed by atoms with Crippen molar-refractivity contribution in [3.8, 4) is 0 Å². The number of carbonyl (C=O) groups excluding carboxylic acids is 2. The van der Waals surface area contributed by atoms with Crippen molar-refractivity contribution in [2.24, 2.45) is 5.92 Å². The van der Waals surface area contributed by atoms with Crippen LogP contribution in [0.5, 0.6) is 0 Å². The first-order valence-electron chi connectivity index (χ1n) is 5.80. The molecule has 17 heavy (non-hydrogen) atoms. The molecular weight excluding hydrogens is 218 g/mol. The maximum absolute atomic E-state index is 11.6. The molecule has 0 rings (SSSR count). The molecule has 1 N–H and O–H groups in total. The van der Waals surface area contributed by atoms with Crippen molar-refractivity contribution in [3.63, 3.8) is 0 Å². The highest BCUT2D eigenvalue weighted by atomic mass is 16.6. The average molecular weight is 241 g/mol. The number of alkyl carbamates (subject to hydrolysis) is 1. The molecule has 0 aliphatic heterocycles. The summed E-state index contributed by atoms with van der Waals surface area (Å²) in [5, 5.41) is 2.73. The third-order valence-corrected chi connectivity index (χ3v) is 1.94. The fourth-order valence-corrected chi connectivity index (χ4v) is 1.12. The molecule has 0 fully saturated rings. The SMILES string of the molecule is CC(=O)/C=C/C(NC(=O)OC(C)(C)C)C(C)C. The van der Waals surface area contributed by atoms with E-state index in [-0.39, 0.29) is 17.7 Å². The predicted octanol–water partition coefficient (Wildman–Crippen LogP) is 2.68. The molecule has 0 bridgehead atoms. The van der Waals surface area contributed by atoms with Crippen LogP contribution in [0.3, 0.4) is 0 Å². The molecule has 0 saturated heterocycles. The molecule has 4 nitrogen and oxygen atoms in total. The summed E-state index contributed by atoms with van der Waals surface area (Å²) in [6, 6.07) is -0.200. The van der Waals surface area contributed by atoms with Gasteiger partial charge in [0.15, 0.2) is 5.78 Å². The lowest BCUT2D eigenvalue weighted by molar-refractivity contribution is -0.112. The molecule has 0 aromatic rings. The minimum atomic E-state index is -0.518. The van der Waals surface area contributed by atoms with Crippen LogP contribution in [-0.4, -0.2) is 23.5 Å². The van der Waals surface area contributed by atoms with Crippen molar-refractivity contribution < 1.29 is 14.3 Å². The van der Waals surface area contributed by atoms with E-state index in [9.17, 15) is 9.59 Å². The summed E-state index contributed by atoms with van der Waals surface area (Å²) >= 11 is 0. The maximum Gasteiger partial charge on any atom is 0.408 e. The predicted molar refractivity (Wildman–Crippen MR) is 67.8 cm³/mol. The molecule has 0 aromatic carbocycles. The van der Waals surface area contributed by atoms with E-state index in [4.69, 9.17) is 4.74 Å². The lowest BCUT2D eigenvalue weighted by Crippen LogP contribution is -2.40. The van der Waals surface area contributed by atoms with Crippen LogP contribution in [0.25, 0.3) is 0 Å². The fourth-order valence-electron chi connectivity index (χ4n) is 1.12. The van der Waals surface area contributed by atoms with E-state index in [0.717, 1.165) is 0 Å². The van der Waals surface area contributed by atoms with Gasteiger partial charge in [-0.1, -0.05) is 19.9 Å². The van der Waals surface area contributed by atoms with E-state index in [0.29, 0.717) is 0 Å². The zero-order chi connectivity index (χ0) is 13.6.